The minimum absolute atomic E-state index is 0.571. The summed E-state index contributed by atoms with van der Waals surface area (Å²) in [4.78, 5) is 4.53. The zero-order valence-corrected chi connectivity index (χ0v) is 14.3. The van der Waals surface area contributed by atoms with Gasteiger partial charge in [0.25, 0.3) is 0 Å². The summed E-state index contributed by atoms with van der Waals surface area (Å²) in [6.45, 7) is 4.51. The molecule has 0 aliphatic carbocycles. The minimum atomic E-state index is 0.571. The van der Waals surface area contributed by atoms with Gasteiger partial charge in [-0.3, -0.25) is 0 Å². The Labute approximate surface area is 147 Å². The van der Waals surface area contributed by atoms with Crippen LogP contribution in [0.2, 0.25) is 0 Å². The van der Waals surface area contributed by atoms with E-state index in [4.69, 9.17) is 13.9 Å². The van der Waals surface area contributed by atoms with Gasteiger partial charge in [0.15, 0.2) is 0 Å². The number of rotatable bonds is 9. The van der Waals surface area contributed by atoms with Crippen molar-refractivity contribution in [1.82, 2.24) is 10.3 Å². The second kappa shape index (κ2) is 8.89. The number of oxazole rings is 1. The van der Waals surface area contributed by atoms with Gasteiger partial charge in [0.2, 0.25) is 5.89 Å². The zero-order valence-electron chi connectivity index (χ0n) is 14.3. The highest BCUT2D eigenvalue weighted by atomic mass is 16.5. The second-order valence-corrected chi connectivity index (χ2v) is 5.41. The third-order valence-electron chi connectivity index (χ3n) is 3.57. The van der Waals surface area contributed by atoms with Crippen molar-refractivity contribution in [2.45, 2.75) is 13.5 Å². The molecule has 0 aliphatic heterocycles. The van der Waals surface area contributed by atoms with Crippen LogP contribution in [0.15, 0.2) is 65.3 Å². The Hall–Kier alpha value is -2.79. The second-order valence-electron chi connectivity index (χ2n) is 5.41. The molecule has 25 heavy (non-hydrogen) atoms. The fourth-order valence-electron chi connectivity index (χ4n) is 2.41. The van der Waals surface area contributed by atoms with Crippen LogP contribution in [0.25, 0.3) is 11.5 Å². The lowest BCUT2D eigenvalue weighted by Crippen LogP contribution is -2.20. The quantitative estimate of drug-likeness (QED) is 0.600. The number of nitrogens with zero attached hydrogens (tertiary/aromatic N) is 1. The maximum absolute atomic E-state index is 5.64. The van der Waals surface area contributed by atoms with E-state index in [-0.39, 0.29) is 0 Å². The topological polar surface area (TPSA) is 56.5 Å². The molecule has 0 bridgehead atoms. The van der Waals surface area contributed by atoms with Crippen molar-refractivity contribution in [3.8, 4) is 23.0 Å². The molecule has 1 N–H and O–H groups in total. The lowest BCUT2D eigenvalue weighted by Gasteiger charge is -2.06. The molecule has 0 saturated carbocycles. The third kappa shape index (κ3) is 4.84. The van der Waals surface area contributed by atoms with Gasteiger partial charge in [0, 0.05) is 13.1 Å². The highest BCUT2D eigenvalue weighted by Crippen LogP contribution is 2.29. The molecule has 3 aromatic rings. The molecule has 3 rings (SSSR count). The Morgan fingerprint density at radius 1 is 1.00 bits per heavy atom. The average molecular weight is 338 g/mol. The van der Waals surface area contributed by atoms with Crippen molar-refractivity contribution < 1.29 is 13.9 Å². The van der Waals surface area contributed by atoms with Crippen LogP contribution < -0.4 is 14.8 Å². The van der Waals surface area contributed by atoms with Crippen molar-refractivity contribution in [2.24, 2.45) is 0 Å². The number of hydrogen-bond acceptors (Lipinski definition) is 5. The maximum Gasteiger partial charge on any atom is 0.229 e. The Bertz CT molecular complexity index is 771. The normalized spacial score (nSPS) is 10.6. The van der Waals surface area contributed by atoms with Gasteiger partial charge in [0.05, 0.1) is 17.9 Å². The Kier molecular flexibility index (Phi) is 6.06. The maximum atomic E-state index is 5.64. The molecule has 5 nitrogen and oxygen atoms in total. The highest BCUT2D eigenvalue weighted by Gasteiger charge is 2.11. The van der Waals surface area contributed by atoms with Crippen molar-refractivity contribution in [2.75, 3.05) is 19.8 Å². The predicted molar refractivity (Wildman–Crippen MR) is 96.8 cm³/mol. The zero-order chi connectivity index (χ0) is 17.3. The smallest absolute Gasteiger partial charge is 0.229 e. The molecule has 1 aromatic heterocycles. The van der Waals surface area contributed by atoms with Gasteiger partial charge >= 0.3 is 0 Å². The van der Waals surface area contributed by atoms with Crippen molar-refractivity contribution in [1.29, 1.82) is 0 Å². The number of hydrogen-bond donors (Lipinski definition) is 1. The first-order valence-electron chi connectivity index (χ1n) is 8.42. The van der Waals surface area contributed by atoms with E-state index >= 15 is 0 Å². The van der Waals surface area contributed by atoms with Crippen LogP contribution in [0, 0.1) is 0 Å². The molecule has 5 heteroatoms. The summed E-state index contributed by atoms with van der Waals surface area (Å²) in [5.74, 6) is 2.23. The largest absolute Gasteiger partial charge is 0.493 e. The number of ether oxygens (including phenoxy) is 2. The van der Waals surface area contributed by atoms with Crippen LogP contribution >= 0.6 is 0 Å². The SMILES string of the molecule is CCOc1ccccc1-c1nc(CNCCOc2ccccc2)co1. The van der Waals surface area contributed by atoms with Crippen LogP contribution in [0.5, 0.6) is 11.5 Å². The Morgan fingerprint density at radius 2 is 1.80 bits per heavy atom. The fourth-order valence-corrected chi connectivity index (χ4v) is 2.41. The molecule has 0 unspecified atom stereocenters. The summed E-state index contributed by atoms with van der Waals surface area (Å²) >= 11 is 0. The van der Waals surface area contributed by atoms with E-state index in [9.17, 15) is 0 Å². The Balaban J connectivity index is 1.49. The van der Waals surface area contributed by atoms with Crippen LogP contribution in [-0.2, 0) is 6.54 Å². The van der Waals surface area contributed by atoms with Gasteiger partial charge in [-0.1, -0.05) is 30.3 Å². The van der Waals surface area contributed by atoms with Crippen LogP contribution in [0.3, 0.4) is 0 Å². The summed E-state index contributed by atoms with van der Waals surface area (Å²) in [6.07, 6.45) is 1.67. The molecule has 0 spiro atoms. The molecular weight excluding hydrogens is 316 g/mol. The predicted octanol–water partition coefficient (Wildman–Crippen LogP) is 3.91. The molecule has 0 atom stereocenters. The van der Waals surface area contributed by atoms with Gasteiger partial charge in [-0.25, -0.2) is 4.98 Å². The highest BCUT2D eigenvalue weighted by molar-refractivity contribution is 5.62. The Morgan fingerprint density at radius 3 is 2.64 bits per heavy atom. The summed E-state index contributed by atoms with van der Waals surface area (Å²) < 4.78 is 16.9. The molecule has 2 aromatic carbocycles. The summed E-state index contributed by atoms with van der Waals surface area (Å²) in [5.41, 5.74) is 1.71. The fraction of sp³-hybridized carbons (Fsp3) is 0.250. The van der Waals surface area contributed by atoms with Crippen molar-refractivity contribution >= 4 is 0 Å². The first-order chi connectivity index (χ1) is 12.4. The molecule has 130 valence electrons. The van der Waals surface area contributed by atoms with Gasteiger partial charge in [-0.2, -0.15) is 0 Å². The van der Waals surface area contributed by atoms with Gasteiger partial charge in [-0.15, -0.1) is 0 Å². The molecule has 0 radical (unpaired) electrons. The third-order valence-corrected chi connectivity index (χ3v) is 3.57. The summed E-state index contributed by atoms with van der Waals surface area (Å²) in [5, 5.41) is 3.30. The van der Waals surface area contributed by atoms with Gasteiger partial charge in [-0.05, 0) is 31.2 Å². The lowest BCUT2D eigenvalue weighted by molar-refractivity contribution is 0.313. The van der Waals surface area contributed by atoms with Gasteiger partial charge in [0.1, 0.15) is 24.4 Å². The molecule has 0 amide bonds. The van der Waals surface area contributed by atoms with Crippen LogP contribution in [0.1, 0.15) is 12.6 Å². The van der Waals surface area contributed by atoms with Crippen molar-refractivity contribution in [3.05, 3.63) is 66.6 Å². The van der Waals surface area contributed by atoms with Crippen molar-refractivity contribution in [3.63, 3.8) is 0 Å². The van der Waals surface area contributed by atoms with E-state index in [0.717, 1.165) is 29.3 Å². The minimum Gasteiger partial charge on any atom is -0.493 e. The van der Waals surface area contributed by atoms with E-state index in [0.29, 0.717) is 25.6 Å². The van der Waals surface area contributed by atoms with Crippen LogP contribution in [-0.4, -0.2) is 24.7 Å². The van der Waals surface area contributed by atoms with Crippen LogP contribution in [0.4, 0.5) is 0 Å². The first-order valence-corrected chi connectivity index (χ1v) is 8.42. The monoisotopic (exact) mass is 338 g/mol. The van der Waals surface area contributed by atoms with E-state index in [1.807, 2.05) is 61.5 Å². The average Bonchev–Trinajstić information content (AvgIpc) is 3.12. The number of benzene rings is 2. The molecule has 1 heterocycles. The van der Waals surface area contributed by atoms with E-state index in [2.05, 4.69) is 10.3 Å². The summed E-state index contributed by atoms with van der Waals surface area (Å²) in [7, 11) is 0. The molecule has 0 fully saturated rings. The van der Waals surface area contributed by atoms with E-state index in [1.54, 1.807) is 6.26 Å². The van der Waals surface area contributed by atoms with E-state index < -0.39 is 0 Å². The number of nitrogens with one attached hydrogen (secondary N) is 1. The molecular formula is C20H22N2O3. The number of aromatic nitrogens is 1. The molecule has 0 saturated heterocycles. The standard InChI is InChI=1S/C20H22N2O3/c1-2-23-19-11-7-6-10-18(19)20-22-16(15-25-20)14-21-12-13-24-17-8-4-3-5-9-17/h3-11,15,21H,2,12-14H2,1H3. The van der Waals surface area contributed by atoms with Gasteiger partial charge < -0.3 is 19.2 Å². The lowest BCUT2D eigenvalue weighted by atomic mass is 10.2. The number of para-hydroxylation sites is 2. The van der Waals surface area contributed by atoms with E-state index in [1.165, 1.54) is 0 Å². The first kappa shape index (κ1) is 17.0. The molecule has 0 aliphatic rings. The summed E-state index contributed by atoms with van der Waals surface area (Å²) in [6, 6.07) is 17.5.